The van der Waals surface area contributed by atoms with E-state index in [1.54, 1.807) is 18.2 Å². The number of hydrogen-bond donors (Lipinski definition) is 2. The molecule has 0 spiro atoms. The highest BCUT2D eigenvalue weighted by molar-refractivity contribution is 6.30. The number of carbonyl (C=O) groups is 1. The summed E-state index contributed by atoms with van der Waals surface area (Å²) in [6.45, 7) is 0.288. The van der Waals surface area contributed by atoms with Crippen LogP contribution in [0.3, 0.4) is 0 Å². The van der Waals surface area contributed by atoms with E-state index in [-0.39, 0.29) is 23.2 Å². The molecule has 0 unspecified atom stereocenters. The molecule has 2 aromatic heterocycles. The number of aromatic amines is 1. The van der Waals surface area contributed by atoms with Crippen LogP contribution >= 0.6 is 11.6 Å². The first-order valence-corrected chi connectivity index (χ1v) is 13.9. The molecule has 11 heteroatoms. The zero-order chi connectivity index (χ0) is 29.6. The summed E-state index contributed by atoms with van der Waals surface area (Å²) in [6.07, 6.45) is -2.39. The first kappa shape index (κ1) is 28.1. The Balaban J connectivity index is 1.24. The van der Waals surface area contributed by atoms with Gasteiger partial charge in [-0.3, -0.25) is 14.6 Å². The Bertz CT molecular complexity index is 1740. The fraction of sp³-hybridized carbons (Fsp3) is 0.290. The lowest BCUT2D eigenvalue weighted by molar-refractivity contribution is -0.141. The maximum Gasteiger partial charge on any atom is 0.433 e. The van der Waals surface area contributed by atoms with Crippen molar-refractivity contribution in [1.82, 2.24) is 19.9 Å². The Morgan fingerprint density at radius 3 is 2.57 bits per heavy atom. The van der Waals surface area contributed by atoms with Crippen LogP contribution in [-0.4, -0.2) is 37.4 Å². The fourth-order valence-corrected chi connectivity index (χ4v) is 5.77. The molecule has 7 nitrogen and oxygen atoms in total. The molecule has 0 radical (unpaired) electrons. The van der Waals surface area contributed by atoms with Crippen molar-refractivity contribution in [2.75, 3.05) is 6.54 Å². The standard InChI is InChI=1S/C31H26ClF3N4O3/c32-22-7-2-6-21(16-22)30(10-11-30)29-37-24-8-3-13-39(17-23(24)27(41)38-29)28(42)26(40)20-5-1-4-18(14-20)19-9-12-36-25(15-19)31(33,34)35/h1-2,4-7,9,12,14-16,26,40H,3,8,10-11,13,17H2,(H,37,38,41)/t26-/m1/s1. The number of pyridine rings is 1. The molecule has 0 bridgehead atoms. The second-order valence-corrected chi connectivity index (χ2v) is 11.2. The molecule has 1 aliphatic heterocycles. The number of aliphatic hydroxyl groups excluding tert-OH is 1. The van der Waals surface area contributed by atoms with Crippen LogP contribution in [0.2, 0.25) is 5.02 Å². The molecule has 0 saturated heterocycles. The summed E-state index contributed by atoms with van der Waals surface area (Å²) < 4.78 is 39.5. The lowest BCUT2D eigenvalue weighted by Gasteiger charge is -2.24. The molecule has 3 heterocycles. The van der Waals surface area contributed by atoms with Gasteiger partial charge in [0.1, 0.15) is 11.5 Å². The lowest BCUT2D eigenvalue weighted by atomic mass is 9.94. The van der Waals surface area contributed by atoms with Crippen LogP contribution in [0.1, 0.15) is 59.3 Å². The van der Waals surface area contributed by atoms with Crippen LogP contribution in [0, 0.1) is 0 Å². The van der Waals surface area contributed by atoms with Crippen LogP contribution in [0.4, 0.5) is 13.2 Å². The molecule has 1 atom stereocenters. The van der Waals surface area contributed by atoms with Crippen LogP contribution in [0.25, 0.3) is 11.1 Å². The largest absolute Gasteiger partial charge is 0.433 e. The van der Waals surface area contributed by atoms with E-state index in [1.807, 2.05) is 18.2 Å². The summed E-state index contributed by atoms with van der Waals surface area (Å²) in [4.78, 5) is 39.4. The molecule has 4 aromatic rings. The van der Waals surface area contributed by atoms with Crippen molar-refractivity contribution in [3.8, 4) is 11.1 Å². The Morgan fingerprint density at radius 1 is 1.07 bits per heavy atom. The molecule has 216 valence electrons. The molecule has 2 aliphatic rings. The van der Waals surface area contributed by atoms with E-state index in [2.05, 4.69) is 9.97 Å². The van der Waals surface area contributed by atoms with Crippen LogP contribution in [-0.2, 0) is 29.4 Å². The van der Waals surface area contributed by atoms with Gasteiger partial charge in [0.05, 0.1) is 23.2 Å². The zero-order valence-electron chi connectivity index (χ0n) is 22.3. The van der Waals surface area contributed by atoms with E-state index in [4.69, 9.17) is 16.6 Å². The number of halogens is 4. The monoisotopic (exact) mass is 594 g/mol. The number of aryl methyl sites for hydroxylation is 1. The third-order valence-corrected chi connectivity index (χ3v) is 8.24. The minimum atomic E-state index is -4.60. The van der Waals surface area contributed by atoms with Gasteiger partial charge in [0, 0.05) is 17.8 Å². The van der Waals surface area contributed by atoms with Crippen LogP contribution in [0.15, 0.2) is 71.7 Å². The predicted octanol–water partition coefficient (Wildman–Crippen LogP) is 5.59. The summed E-state index contributed by atoms with van der Waals surface area (Å²) in [5.74, 6) is -0.0123. The number of carbonyl (C=O) groups excluding carboxylic acids is 1. The van der Waals surface area contributed by atoms with Crippen molar-refractivity contribution in [2.24, 2.45) is 0 Å². The van der Waals surface area contributed by atoms with Crippen molar-refractivity contribution < 1.29 is 23.1 Å². The topological polar surface area (TPSA) is 99.2 Å². The number of nitrogens with zero attached hydrogens (tertiary/aromatic N) is 3. The van der Waals surface area contributed by atoms with E-state index in [0.29, 0.717) is 47.1 Å². The third-order valence-electron chi connectivity index (χ3n) is 8.00. The Labute approximate surface area is 244 Å². The molecular weight excluding hydrogens is 569 g/mol. The molecule has 1 aliphatic carbocycles. The third kappa shape index (κ3) is 5.32. The number of fused-ring (bicyclic) bond motifs is 1. The molecule has 6 rings (SSSR count). The quantitative estimate of drug-likeness (QED) is 0.314. The van der Waals surface area contributed by atoms with Crippen LogP contribution < -0.4 is 5.56 Å². The predicted molar refractivity (Wildman–Crippen MR) is 150 cm³/mol. The second kappa shape index (κ2) is 10.7. The number of alkyl halides is 3. The number of rotatable bonds is 5. The maximum atomic E-state index is 13.4. The van der Waals surface area contributed by atoms with Crippen molar-refractivity contribution in [3.05, 3.63) is 116 Å². The van der Waals surface area contributed by atoms with Gasteiger partial charge < -0.3 is 15.0 Å². The SMILES string of the molecule is O=C([C@H](O)c1cccc(-c2ccnc(C(F)(F)F)c2)c1)N1CCCc2nc(C3(c4cccc(Cl)c4)CC3)[nH]c(=O)c2C1. The lowest BCUT2D eigenvalue weighted by Crippen LogP contribution is -2.36. The van der Waals surface area contributed by atoms with Crippen molar-refractivity contribution in [1.29, 1.82) is 0 Å². The van der Waals surface area contributed by atoms with Gasteiger partial charge in [0.15, 0.2) is 6.10 Å². The van der Waals surface area contributed by atoms with Gasteiger partial charge in [-0.2, -0.15) is 13.2 Å². The van der Waals surface area contributed by atoms with Crippen molar-refractivity contribution in [2.45, 2.75) is 49.9 Å². The fourth-order valence-electron chi connectivity index (χ4n) is 5.58. The summed E-state index contributed by atoms with van der Waals surface area (Å²) in [5.41, 5.74) is 1.14. The molecule has 42 heavy (non-hydrogen) atoms. The van der Waals surface area contributed by atoms with Crippen molar-refractivity contribution >= 4 is 17.5 Å². The van der Waals surface area contributed by atoms with Gasteiger partial charge in [0.2, 0.25) is 0 Å². The molecule has 2 N–H and O–H groups in total. The average molecular weight is 595 g/mol. The van der Waals surface area contributed by atoms with Gasteiger partial charge in [-0.25, -0.2) is 4.98 Å². The number of nitrogens with one attached hydrogen (secondary N) is 1. The Kier molecular flexibility index (Phi) is 7.14. The van der Waals surface area contributed by atoms with Gasteiger partial charge >= 0.3 is 6.18 Å². The number of aliphatic hydroxyl groups is 1. The highest BCUT2D eigenvalue weighted by Gasteiger charge is 2.49. The van der Waals surface area contributed by atoms with Gasteiger partial charge in [-0.1, -0.05) is 41.9 Å². The summed E-state index contributed by atoms with van der Waals surface area (Å²) in [5, 5.41) is 11.6. The highest BCUT2D eigenvalue weighted by Crippen LogP contribution is 2.52. The minimum absolute atomic E-state index is 0.0169. The summed E-state index contributed by atoms with van der Waals surface area (Å²) >= 11 is 6.22. The highest BCUT2D eigenvalue weighted by atomic mass is 35.5. The van der Waals surface area contributed by atoms with Gasteiger partial charge in [0.25, 0.3) is 11.5 Å². The molecular formula is C31H26ClF3N4O3. The van der Waals surface area contributed by atoms with Gasteiger partial charge in [-0.05, 0) is 78.3 Å². The van der Waals surface area contributed by atoms with Crippen molar-refractivity contribution in [3.63, 3.8) is 0 Å². The second-order valence-electron chi connectivity index (χ2n) is 10.8. The molecule has 2 aromatic carbocycles. The van der Waals surface area contributed by atoms with E-state index >= 15 is 0 Å². The van der Waals surface area contributed by atoms with E-state index < -0.39 is 29.3 Å². The summed E-state index contributed by atoms with van der Waals surface area (Å²) in [7, 11) is 0. The van der Waals surface area contributed by atoms with Gasteiger partial charge in [-0.15, -0.1) is 0 Å². The smallest absolute Gasteiger partial charge is 0.378 e. The van der Waals surface area contributed by atoms with Crippen LogP contribution in [0.5, 0.6) is 0 Å². The Morgan fingerprint density at radius 2 is 1.83 bits per heavy atom. The van der Waals surface area contributed by atoms with E-state index in [0.717, 1.165) is 30.7 Å². The first-order chi connectivity index (χ1) is 20.0. The number of benzene rings is 2. The summed E-state index contributed by atoms with van der Waals surface area (Å²) in [6, 6.07) is 16.1. The molecule has 1 amide bonds. The number of aromatic nitrogens is 3. The maximum absolute atomic E-state index is 13.4. The average Bonchev–Trinajstić information content (AvgIpc) is 3.81. The number of hydrogen-bond acceptors (Lipinski definition) is 5. The van der Waals surface area contributed by atoms with E-state index in [1.165, 1.54) is 23.1 Å². The Hall–Kier alpha value is -4.02. The molecule has 1 fully saturated rings. The van der Waals surface area contributed by atoms with E-state index in [9.17, 15) is 27.9 Å². The number of amides is 1. The minimum Gasteiger partial charge on any atom is -0.378 e. The first-order valence-electron chi connectivity index (χ1n) is 13.5. The number of H-pyrrole nitrogens is 1. The zero-order valence-corrected chi connectivity index (χ0v) is 23.0. The normalized spacial score (nSPS) is 16.8. The molecule has 1 saturated carbocycles.